The first-order chi connectivity index (χ1) is 7.41. The molecule has 2 heteroatoms. The van der Waals surface area contributed by atoms with Gasteiger partial charge in [0, 0.05) is 5.92 Å². The highest BCUT2D eigenvalue weighted by molar-refractivity contribution is 7.16. The molecule has 0 aromatic carbocycles. The van der Waals surface area contributed by atoms with Crippen molar-refractivity contribution in [1.29, 1.82) is 0 Å². The topological polar surface area (TPSA) is 9.23 Å². The van der Waals surface area contributed by atoms with Gasteiger partial charge in [0.05, 0.1) is 12.2 Å². The van der Waals surface area contributed by atoms with Gasteiger partial charge in [0.25, 0.3) is 0 Å². The summed E-state index contributed by atoms with van der Waals surface area (Å²) < 4.78 is 5.94. The summed E-state index contributed by atoms with van der Waals surface area (Å²) in [7, 11) is 2.77. The predicted octanol–water partition coefficient (Wildman–Crippen LogP) is 4.04. The van der Waals surface area contributed by atoms with Gasteiger partial charge in [-0.25, -0.2) is 0 Å². The van der Waals surface area contributed by atoms with E-state index >= 15 is 0 Å². The standard InChI is InChI=1S/C14H27OP/c1-6-7-14(4,5)8-12-10(2)13(9-16)15-11(12)3/h11-13H,2,6-9,16H2,1,3-5H3. The number of hydrogen-bond donors (Lipinski definition) is 0. The average Bonchev–Trinajstić information content (AvgIpc) is 2.45. The van der Waals surface area contributed by atoms with Crippen LogP contribution >= 0.6 is 9.24 Å². The van der Waals surface area contributed by atoms with E-state index in [1.54, 1.807) is 0 Å². The molecule has 1 rings (SSSR count). The van der Waals surface area contributed by atoms with Crippen LogP contribution in [0.4, 0.5) is 0 Å². The summed E-state index contributed by atoms with van der Waals surface area (Å²) in [6, 6.07) is 0. The summed E-state index contributed by atoms with van der Waals surface area (Å²) in [5.74, 6) is 0.548. The zero-order valence-electron chi connectivity index (χ0n) is 11.3. The minimum atomic E-state index is 0.266. The van der Waals surface area contributed by atoms with Crippen molar-refractivity contribution in [3.8, 4) is 0 Å². The van der Waals surface area contributed by atoms with Gasteiger partial charge in [-0.05, 0) is 36.9 Å². The molecule has 1 nitrogen and oxygen atoms in total. The van der Waals surface area contributed by atoms with E-state index in [9.17, 15) is 0 Å². The maximum atomic E-state index is 5.94. The molecule has 1 saturated heterocycles. The number of hydrogen-bond acceptors (Lipinski definition) is 1. The van der Waals surface area contributed by atoms with Gasteiger partial charge in [0.15, 0.2) is 0 Å². The van der Waals surface area contributed by atoms with Crippen LogP contribution in [0.25, 0.3) is 0 Å². The lowest BCUT2D eigenvalue weighted by Crippen LogP contribution is -2.22. The summed E-state index contributed by atoms with van der Waals surface area (Å²) in [6.07, 6.45) is 5.34. The number of ether oxygens (including phenoxy) is 1. The molecule has 0 radical (unpaired) electrons. The SMILES string of the molecule is C=C1C(CP)OC(C)C1CC(C)(C)CCC. The third kappa shape index (κ3) is 3.31. The van der Waals surface area contributed by atoms with Crippen molar-refractivity contribution in [3.05, 3.63) is 12.2 Å². The third-order valence-corrected chi connectivity index (χ3v) is 4.18. The van der Waals surface area contributed by atoms with Gasteiger partial charge in [-0.3, -0.25) is 0 Å². The summed E-state index contributed by atoms with van der Waals surface area (Å²) >= 11 is 0. The normalized spacial score (nSPS) is 31.1. The molecule has 1 fully saturated rings. The monoisotopic (exact) mass is 242 g/mol. The Morgan fingerprint density at radius 3 is 2.50 bits per heavy atom. The molecule has 1 aliphatic heterocycles. The highest BCUT2D eigenvalue weighted by Crippen LogP contribution is 2.41. The molecule has 0 amide bonds. The van der Waals surface area contributed by atoms with Crippen LogP contribution < -0.4 is 0 Å². The molecule has 4 unspecified atom stereocenters. The van der Waals surface area contributed by atoms with Crippen LogP contribution in [0.5, 0.6) is 0 Å². The van der Waals surface area contributed by atoms with E-state index in [1.807, 2.05) is 0 Å². The van der Waals surface area contributed by atoms with Crippen molar-refractivity contribution in [2.45, 2.75) is 59.2 Å². The molecule has 0 bridgehead atoms. The highest BCUT2D eigenvalue weighted by Gasteiger charge is 2.37. The Morgan fingerprint density at radius 2 is 2.06 bits per heavy atom. The van der Waals surface area contributed by atoms with Crippen LogP contribution in [-0.4, -0.2) is 18.4 Å². The minimum Gasteiger partial charge on any atom is -0.370 e. The summed E-state index contributed by atoms with van der Waals surface area (Å²) in [4.78, 5) is 0. The fourth-order valence-corrected chi connectivity index (χ4v) is 3.27. The Morgan fingerprint density at radius 1 is 1.44 bits per heavy atom. The van der Waals surface area contributed by atoms with E-state index in [1.165, 1.54) is 24.8 Å². The first kappa shape index (κ1) is 14.2. The van der Waals surface area contributed by atoms with Gasteiger partial charge in [-0.15, -0.1) is 9.24 Å². The molecule has 0 saturated carbocycles. The summed E-state index contributed by atoms with van der Waals surface area (Å²) in [5.41, 5.74) is 1.72. The van der Waals surface area contributed by atoms with Crippen LogP contribution in [0.1, 0.15) is 47.0 Å². The highest BCUT2D eigenvalue weighted by atomic mass is 31.0. The zero-order chi connectivity index (χ0) is 12.3. The molecule has 0 aromatic rings. The van der Waals surface area contributed by atoms with Gasteiger partial charge >= 0.3 is 0 Å². The molecule has 0 spiro atoms. The van der Waals surface area contributed by atoms with E-state index in [4.69, 9.17) is 4.74 Å². The van der Waals surface area contributed by atoms with Gasteiger partial charge in [0.1, 0.15) is 0 Å². The molecular formula is C14H27OP. The van der Waals surface area contributed by atoms with Crippen LogP contribution in [0.3, 0.4) is 0 Å². The lowest BCUT2D eigenvalue weighted by molar-refractivity contribution is 0.0526. The van der Waals surface area contributed by atoms with Crippen molar-refractivity contribution in [2.24, 2.45) is 11.3 Å². The Bertz CT molecular complexity index is 247. The Hall–Kier alpha value is 0.130. The largest absolute Gasteiger partial charge is 0.370 e. The maximum absolute atomic E-state index is 5.94. The fourth-order valence-electron chi connectivity index (χ4n) is 2.86. The van der Waals surface area contributed by atoms with Crippen molar-refractivity contribution in [2.75, 3.05) is 6.16 Å². The van der Waals surface area contributed by atoms with Gasteiger partial charge < -0.3 is 4.74 Å². The van der Waals surface area contributed by atoms with Gasteiger partial charge in [0.2, 0.25) is 0 Å². The second kappa shape index (κ2) is 5.65. The predicted molar refractivity (Wildman–Crippen MR) is 74.8 cm³/mol. The molecule has 4 atom stereocenters. The van der Waals surface area contributed by atoms with Gasteiger partial charge in [-0.1, -0.05) is 33.8 Å². The van der Waals surface area contributed by atoms with E-state index in [-0.39, 0.29) is 6.10 Å². The third-order valence-electron chi connectivity index (χ3n) is 3.75. The lowest BCUT2D eigenvalue weighted by atomic mass is 9.76. The van der Waals surface area contributed by atoms with E-state index in [2.05, 4.69) is 43.5 Å². The minimum absolute atomic E-state index is 0.266. The molecule has 0 N–H and O–H groups in total. The summed E-state index contributed by atoms with van der Waals surface area (Å²) in [6.45, 7) is 13.4. The Labute approximate surface area is 103 Å². The van der Waals surface area contributed by atoms with E-state index < -0.39 is 0 Å². The maximum Gasteiger partial charge on any atom is 0.0824 e. The van der Waals surface area contributed by atoms with Crippen molar-refractivity contribution in [3.63, 3.8) is 0 Å². The zero-order valence-corrected chi connectivity index (χ0v) is 12.4. The number of rotatable bonds is 5. The smallest absolute Gasteiger partial charge is 0.0824 e. The molecule has 1 aliphatic rings. The molecule has 0 aromatic heterocycles. The van der Waals surface area contributed by atoms with E-state index in [0.29, 0.717) is 17.4 Å². The Balaban J connectivity index is 2.63. The lowest BCUT2D eigenvalue weighted by Gasteiger charge is -2.29. The summed E-state index contributed by atoms with van der Waals surface area (Å²) in [5, 5.41) is 0. The van der Waals surface area contributed by atoms with Crippen LogP contribution in [0.2, 0.25) is 0 Å². The quantitative estimate of drug-likeness (QED) is 0.522. The van der Waals surface area contributed by atoms with E-state index in [0.717, 1.165) is 6.16 Å². The molecule has 94 valence electrons. The average molecular weight is 242 g/mol. The van der Waals surface area contributed by atoms with Crippen LogP contribution in [0, 0.1) is 11.3 Å². The van der Waals surface area contributed by atoms with Crippen molar-refractivity contribution < 1.29 is 4.74 Å². The fraction of sp³-hybridized carbons (Fsp3) is 0.857. The first-order valence-corrected chi connectivity index (χ1v) is 7.27. The first-order valence-electron chi connectivity index (χ1n) is 6.45. The Kier molecular flexibility index (Phi) is 5.01. The molecule has 0 aliphatic carbocycles. The molecule has 16 heavy (non-hydrogen) atoms. The van der Waals surface area contributed by atoms with Crippen molar-refractivity contribution in [1.82, 2.24) is 0 Å². The van der Waals surface area contributed by atoms with Crippen molar-refractivity contribution >= 4 is 9.24 Å². The second-order valence-electron chi connectivity index (χ2n) is 5.87. The molecular weight excluding hydrogens is 215 g/mol. The molecule has 1 heterocycles. The van der Waals surface area contributed by atoms with Gasteiger partial charge in [-0.2, -0.15) is 0 Å². The second-order valence-corrected chi connectivity index (χ2v) is 6.34. The van der Waals surface area contributed by atoms with Crippen LogP contribution in [-0.2, 0) is 4.74 Å². The van der Waals surface area contributed by atoms with Crippen LogP contribution in [0.15, 0.2) is 12.2 Å².